The largest absolute Gasteiger partial charge is 0.355 e. The lowest BCUT2D eigenvalue weighted by Crippen LogP contribution is -2.48. The van der Waals surface area contributed by atoms with Gasteiger partial charge in [0.25, 0.3) is 0 Å². The van der Waals surface area contributed by atoms with Crippen LogP contribution < -0.4 is 16.4 Å². The number of primary amides is 1. The summed E-state index contributed by atoms with van der Waals surface area (Å²) in [5.74, 6) is -0.0623. The lowest BCUT2D eigenvalue weighted by Gasteiger charge is -2.30. The average Bonchev–Trinajstić information content (AvgIpc) is 2.80. The van der Waals surface area contributed by atoms with Crippen LogP contribution in [0.15, 0.2) is 0 Å². The first-order chi connectivity index (χ1) is 10.7. The fraction of sp³-hybridized carbons (Fsp3) is 0.875. The fourth-order valence-electron chi connectivity index (χ4n) is 3.48. The van der Waals surface area contributed by atoms with Gasteiger partial charge in [0.2, 0.25) is 5.91 Å². The van der Waals surface area contributed by atoms with Gasteiger partial charge in [0.15, 0.2) is 0 Å². The number of nitrogens with two attached hydrogens (primary N) is 1. The predicted octanol–water partition coefficient (Wildman–Crippen LogP) is 1.21. The first kappa shape index (κ1) is 17.1. The highest BCUT2D eigenvalue weighted by atomic mass is 16.2. The van der Waals surface area contributed by atoms with Crippen molar-refractivity contribution in [2.24, 2.45) is 11.7 Å². The predicted molar refractivity (Wildman–Crippen MR) is 86.4 cm³/mol. The minimum Gasteiger partial charge on any atom is -0.355 e. The van der Waals surface area contributed by atoms with E-state index in [1.165, 1.54) is 38.5 Å². The molecule has 3 amide bonds. The second kappa shape index (κ2) is 8.98. The molecule has 0 aromatic carbocycles. The minimum absolute atomic E-state index is 0.0496. The Kier molecular flexibility index (Phi) is 6.96. The molecule has 1 saturated carbocycles. The zero-order chi connectivity index (χ0) is 15.8. The van der Waals surface area contributed by atoms with Gasteiger partial charge in [0.05, 0.1) is 5.92 Å². The van der Waals surface area contributed by atoms with Crippen LogP contribution in [0.4, 0.5) is 4.79 Å². The molecule has 1 aliphatic heterocycles. The Balaban J connectivity index is 1.61. The molecule has 126 valence electrons. The SMILES string of the molecule is NC(=O)N1CCCC(C(=O)NCCNC2CCCCCC2)C1. The number of hydrogen-bond donors (Lipinski definition) is 3. The van der Waals surface area contributed by atoms with E-state index in [1.54, 1.807) is 4.90 Å². The quantitative estimate of drug-likeness (QED) is 0.527. The molecule has 0 aromatic heterocycles. The summed E-state index contributed by atoms with van der Waals surface area (Å²) in [7, 11) is 0. The summed E-state index contributed by atoms with van der Waals surface area (Å²) in [5, 5.41) is 6.53. The van der Waals surface area contributed by atoms with Gasteiger partial charge in [0.1, 0.15) is 0 Å². The normalized spacial score (nSPS) is 23.8. The standard InChI is InChI=1S/C16H30N4O2/c17-16(22)20-11-5-6-13(12-20)15(21)19-10-9-18-14-7-3-1-2-4-8-14/h13-14,18H,1-12H2,(H2,17,22)(H,19,21). The van der Waals surface area contributed by atoms with Crippen molar-refractivity contribution in [3.05, 3.63) is 0 Å². The van der Waals surface area contributed by atoms with Crippen molar-refractivity contribution in [2.45, 2.75) is 57.4 Å². The van der Waals surface area contributed by atoms with E-state index in [0.717, 1.165) is 19.4 Å². The Morgan fingerprint density at radius 2 is 1.73 bits per heavy atom. The molecule has 22 heavy (non-hydrogen) atoms. The summed E-state index contributed by atoms with van der Waals surface area (Å²) in [6, 6.07) is 0.187. The minimum atomic E-state index is -0.424. The molecule has 2 rings (SSSR count). The van der Waals surface area contributed by atoms with Gasteiger partial charge in [-0.25, -0.2) is 4.79 Å². The molecule has 1 atom stereocenters. The third-order valence-corrected chi connectivity index (χ3v) is 4.82. The molecule has 2 aliphatic rings. The maximum absolute atomic E-state index is 12.2. The van der Waals surface area contributed by atoms with Crippen molar-refractivity contribution >= 4 is 11.9 Å². The van der Waals surface area contributed by atoms with E-state index < -0.39 is 6.03 Å². The van der Waals surface area contributed by atoms with Crippen molar-refractivity contribution in [2.75, 3.05) is 26.2 Å². The van der Waals surface area contributed by atoms with Crippen LogP contribution in [0, 0.1) is 5.92 Å². The van der Waals surface area contributed by atoms with E-state index in [4.69, 9.17) is 5.73 Å². The van der Waals surface area contributed by atoms with E-state index >= 15 is 0 Å². The van der Waals surface area contributed by atoms with Gasteiger partial charge in [-0.1, -0.05) is 25.7 Å². The highest BCUT2D eigenvalue weighted by molar-refractivity contribution is 5.80. The number of amides is 3. The van der Waals surface area contributed by atoms with Crippen LogP contribution in [0.3, 0.4) is 0 Å². The highest BCUT2D eigenvalue weighted by Crippen LogP contribution is 2.17. The highest BCUT2D eigenvalue weighted by Gasteiger charge is 2.27. The topological polar surface area (TPSA) is 87.5 Å². The molecule has 0 aromatic rings. The number of hydrogen-bond acceptors (Lipinski definition) is 3. The Morgan fingerprint density at radius 3 is 2.41 bits per heavy atom. The monoisotopic (exact) mass is 310 g/mol. The summed E-state index contributed by atoms with van der Waals surface area (Å²) in [5.41, 5.74) is 5.29. The molecule has 0 radical (unpaired) electrons. The van der Waals surface area contributed by atoms with Gasteiger partial charge in [-0.2, -0.15) is 0 Å². The summed E-state index contributed by atoms with van der Waals surface area (Å²) >= 11 is 0. The molecule has 6 heteroatoms. The van der Waals surface area contributed by atoms with Gasteiger partial charge in [0, 0.05) is 32.2 Å². The van der Waals surface area contributed by atoms with Gasteiger partial charge >= 0.3 is 6.03 Å². The summed E-state index contributed by atoms with van der Waals surface area (Å²) in [6.45, 7) is 2.60. The molecule has 2 fully saturated rings. The van der Waals surface area contributed by atoms with E-state index in [1.807, 2.05) is 0 Å². The van der Waals surface area contributed by atoms with Crippen molar-refractivity contribution in [3.8, 4) is 0 Å². The molecule has 4 N–H and O–H groups in total. The second-order valence-electron chi connectivity index (χ2n) is 6.56. The van der Waals surface area contributed by atoms with Gasteiger partial charge in [-0.15, -0.1) is 0 Å². The number of urea groups is 1. The van der Waals surface area contributed by atoms with E-state index in [-0.39, 0.29) is 11.8 Å². The van der Waals surface area contributed by atoms with Crippen molar-refractivity contribution in [1.82, 2.24) is 15.5 Å². The van der Waals surface area contributed by atoms with Crippen LogP contribution in [0.5, 0.6) is 0 Å². The van der Waals surface area contributed by atoms with Crippen LogP contribution in [0.25, 0.3) is 0 Å². The van der Waals surface area contributed by atoms with Crippen molar-refractivity contribution < 1.29 is 9.59 Å². The summed E-state index contributed by atoms with van der Waals surface area (Å²) in [6.07, 6.45) is 9.53. The molecule has 1 aliphatic carbocycles. The van der Waals surface area contributed by atoms with Crippen molar-refractivity contribution in [1.29, 1.82) is 0 Å². The third-order valence-electron chi connectivity index (χ3n) is 4.82. The van der Waals surface area contributed by atoms with E-state index in [2.05, 4.69) is 10.6 Å². The van der Waals surface area contributed by atoms with Crippen LogP contribution in [-0.4, -0.2) is 49.1 Å². The maximum atomic E-state index is 12.2. The first-order valence-electron chi connectivity index (χ1n) is 8.72. The van der Waals surface area contributed by atoms with Crippen LogP contribution >= 0.6 is 0 Å². The zero-order valence-corrected chi connectivity index (χ0v) is 13.5. The molecule has 6 nitrogen and oxygen atoms in total. The van der Waals surface area contributed by atoms with E-state index in [0.29, 0.717) is 25.7 Å². The Labute approximate surface area is 133 Å². The molecule has 1 heterocycles. The lowest BCUT2D eigenvalue weighted by atomic mass is 9.97. The molecular formula is C16H30N4O2. The Morgan fingerprint density at radius 1 is 1.00 bits per heavy atom. The molecule has 0 bridgehead atoms. The number of nitrogens with one attached hydrogen (secondary N) is 2. The lowest BCUT2D eigenvalue weighted by molar-refractivity contribution is -0.126. The third kappa shape index (κ3) is 5.48. The van der Waals surface area contributed by atoms with Crippen molar-refractivity contribution in [3.63, 3.8) is 0 Å². The summed E-state index contributed by atoms with van der Waals surface area (Å²) < 4.78 is 0. The van der Waals surface area contributed by atoms with Gasteiger partial charge in [-0.3, -0.25) is 4.79 Å². The van der Waals surface area contributed by atoms with Gasteiger partial charge < -0.3 is 21.3 Å². The van der Waals surface area contributed by atoms with Gasteiger partial charge in [-0.05, 0) is 25.7 Å². The number of piperidine rings is 1. The summed E-state index contributed by atoms with van der Waals surface area (Å²) in [4.78, 5) is 24.9. The fourth-order valence-corrected chi connectivity index (χ4v) is 3.48. The second-order valence-corrected chi connectivity index (χ2v) is 6.56. The Hall–Kier alpha value is -1.30. The number of likely N-dealkylation sites (tertiary alicyclic amines) is 1. The maximum Gasteiger partial charge on any atom is 0.314 e. The smallest absolute Gasteiger partial charge is 0.314 e. The Bertz CT molecular complexity index is 367. The van der Waals surface area contributed by atoms with Crippen LogP contribution in [-0.2, 0) is 4.79 Å². The number of carbonyl (C=O) groups excluding carboxylic acids is 2. The zero-order valence-electron chi connectivity index (χ0n) is 13.5. The van der Waals surface area contributed by atoms with Crippen LogP contribution in [0.1, 0.15) is 51.4 Å². The molecule has 1 saturated heterocycles. The number of rotatable bonds is 5. The van der Waals surface area contributed by atoms with Crippen LogP contribution in [0.2, 0.25) is 0 Å². The van der Waals surface area contributed by atoms with E-state index in [9.17, 15) is 9.59 Å². The average molecular weight is 310 g/mol. The first-order valence-corrected chi connectivity index (χ1v) is 8.72. The number of nitrogens with zero attached hydrogens (tertiary/aromatic N) is 1. The molecule has 0 spiro atoms. The number of carbonyl (C=O) groups is 2. The molecule has 1 unspecified atom stereocenters. The molecular weight excluding hydrogens is 280 g/mol.